The maximum atomic E-state index is 12.3. The number of anilines is 1. The second-order valence-electron chi connectivity index (χ2n) is 6.50. The Morgan fingerprint density at radius 2 is 1.82 bits per heavy atom. The van der Waals surface area contributed by atoms with Crippen molar-refractivity contribution in [1.29, 1.82) is 0 Å². The quantitative estimate of drug-likeness (QED) is 0.644. The van der Waals surface area contributed by atoms with Crippen LogP contribution < -0.4 is 14.8 Å². The number of carbonyl (C=O) groups is 1. The van der Waals surface area contributed by atoms with Crippen molar-refractivity contribution in [2.24, 2.45) is 0 Å². The number of rotatable bonds is 7. The van der Waals surface area contributed by atoms with Crippen LogP contribution in [0.15, 0.2) is 52.9 Å². The minimum atomic E-state index is -0.272. The lowest BCUT2D eigenvalue weighted by Crippen LogP contribution is -2.20. The van der Waals surface area contributed by atoms with Gasteiger partial charge in [0.2, 0.25) is 0 Å². The molecule has 3 rings (SSSR count). The number of nitrogens with one attached hydrogen (secondary N) is 1. The molecule has 0 aliphatic rings. The van der Waals surface area contributed by atoms with Gasteiger partial charge in [0.25, 0.3) is 5.91 Å². The molecule has 0 bridgehead atoms. The van der Waals surface area contributed by atoms with E-state index in [2.05, 4.69) is 5.32 Å². The van der Waals surface area contributed by atoms with Crippen molar-refractivity contribution < 1.29 is 23.8 Å². The molecule has 0 aliphatic carbocycles. The van der Waals surface area contributed by atoms with E-state index in [1.807, 2.05) is 32.0 Å². The van der Waals surface area contributed by atoms with E-state index in [-0.39, 0.29) is 19.1 Å². The van der Waals surface area contributed by atoms with Gasteiger partial charge in [0, 0.05) is 5.69 Å². The first-order chi connectivity index (χ1) is 13.5. The van der Waals surface area contributed by atoms with Crippen molar-refractivity contribution in [2.75, 3.05) is 19.0 Å². The van der Waals surface area contributed by atoms with Gasteiger partial charge in [-0.05, 0) is 67.4 Å². The molecule has 1 aromatic heterocycles. The summed E-state index contributed by atoms with van der Waals surface area (Å²) in [6.07, 6.45) is 0. The minimum Gasteiger partial charge on any atom is -0.496 e. The Balaban J connectivity index is 1.71. The van der Waals surface area contributed by atoms with Crippen molar-refractivity contribution in [2.45, 2.75) is 20.5 Å². The highest BCUT2D eigenvalue weighted by molar-refractivity contribution is 5.92. The van der Waals surface area contributed by atoms with Crippen molar-refractivity contribution >= 4 is 11.6 Å². The molecule has 0 unspecified atom stereocenters. The number of hydrogen-bond donors (Lipinski definition) is 2. The van der Waals surface area contributed by atoms with E-state index in [9.17, 15) is 9.90 Å². The Hall–Kier alpha value is -3.25. The molecule has 1 heterocycles. The molecule has 3 aromatic rings. The molecule has 0 atom stereocenters. The highest BCUT2D eigenvalue weighted by Gasteiger charge is 2.13. The monoisotopic (exact) mass is 381 g/mol. The van der Waals surface area contributed by atoms with Crippen LogP contribution in [0.5, 0.6) is 11.5 Å². The lowest BCUT2D eigenvalue weighted by atomic mass is 10.1. The summed E-state index contributed by atoms with van der Waals surface area (Å²) in [7, 11) is 1.56. The SMILES string of the molecule is COc1ccc(NC(=O)COc2cc(C)cc(C)c2)cc1-c1ccc(CO)o1. The van der Waals surface area contributed by atoms with Gasteiger partial charge in [0.15, 0.2) is 6.61 Å². The van der Waals surface area contributed by atoms with Gasteiger partial charge in [0.05, 0.1) is 12.7 Å². The molecule has 6 nitrogen and oxygen atoms in total. The van der Waals surface area contributed by atoms with Gasteiger partial charge in [-0.2, -0.15) is 0 Å². The van der Waals surface area contributed by atoms with E-state index >= 15 is 0 Å². The van der Waals surface area contributed by atoms with E-state index in [0.29, 0.717) is 34.3 Å². The second-order valence-corrected chi connectivity index (χ2v) is 6.50. The summed E-state index contributed by atoms with van der Waals surface area (Å²) >= 11 is 0. The molecule has 0 saturated carbocycles. The van der Waals surface area contributed by atoms with Crippen LogP contribution in [0.25, 0.3) is 11.3 Å². The van der Waals surface area contributed by atoms with Crippen LogP contribution in [-0.4, -0.2) is 24.7 Å². The Morgan fingerprint density at radius 3 is 2.46 bits per heavy atom. The molecule has 0 radical (unpaired) electrons. The number of carbonyl (C=O) groups excluding carboxylic acids is 1. The zero-order chi connectivity index (χ0) is 20.1. The molecule has 6 heteroatoms. The lowest BCUT2D eigenvalue weighted by Gasteiger charge is -2.11. The fourth-order valence-corrected chi connectivity index (χ4v) is 2.95. The number of benzene rings is 2. The number of amides is 1. The molecular formula is C22H23NO5. The summed E-state index contributed by atoms with van der Waals surface area (Å²) in [4.78, 5) is 12.3. The van der Waals surface area contributed by atoms with Gasteiger partial charge in [-0.1, -0.05) is 6.07 Å². The highest BCUT2D eigenvalue weighted by Crippen LogP contribution is 2.33. The summed E-state index contributed by atoms with van der Waals surface area (Å²) in [6, 6.07) is 14.5. The molecule has 28 heavy (non-hydrogen) atoms. The number of aryl methyl sites for hydroxylation is 2. The summed E-state index contributed by atoms with van der Waals surface area (Å²) < 4.78 is 16.5. The molecule has 0 spiro atoms. The molecular weight excluding hydrogens is 358 g/mol. The van der Waals surface area contributed by atoms with Crippen LogP contribution in [0.1, 0.15) is 16.9 Å². The average Bonchev–Trinajstić information content (AvgIpc) is 3.15. The fraction of sp³-hybridized carbons (Fsp3) is 0.227. The number of ether oxygens (including phenoxy) is 2. The number of furan rings is 1. The number of hydrogen-bond acceptors (Lipinski definition) is 5. The van der Waals surface area contributed by atoms with Crippen LogP contribution in [0.4, 0.5) is 5.69 Å². The number of aliphatic hydroxyl groups is 1. The zero-order valence-electron chi connectivity index (χ0n) is 16.1. The molecule has 2 N–H and O–H groups in total. The Bertz CT molecular complexity index is 957. The number of methoxy groups -OCH3 is 1. The van der Waals surface area contributed by atoms with Gasteiger partial charge >= 0.3 is 0 Å². The Kier molecular flexibility index (Phi) is 6.01. The molecule has 1 amide bonds. The average molecular weight is 381 g/mol. The number of aliphatic hydroxyl groups excluding tert-OH is 1. The van der Waals surface area contributed by atoms with Crippen LogP contribution in [0.3, 0.4) is 0 Å². The standard InChI is InChI=1S/C22H23NO5/c1-14-8-15(2)10-18(9-14)27-13-22(25)23-16-4-6-20(26-3)19(11-16)21-7-5-17(12-24)28-21/h4-11,24H,12-13H2,1-3H3,(H,23,25). The van der Waals surface area contributed by atoms with Crippen LogP contribution >= 0.6 is 0 Å². The first kappa shape index (κ1) is 19.5. The molecule has 0 aliphatic heterocycles. The predicted molar refractivity (Wildman–Crippen MR) is 107 cm³/mol. The third-order valence-electron chi connectivity index (χ3n) is 4.13. The normalized spacial score (nSPS) is 10.6. The smallest absolute Gasteiger partial charge is 0.262 e. The van der Waals surface area contributed by atoms with Crippen molar-refractivity contribution in [1.82, 2.24) is 0 Å². The third-order valence-corrected chi connectivity index (χ3v) is 4.13. The van der Waals surface area contributed by atoms with Crippen molar-refractivity contribution in [3.63, 3.8) is 0 Å². The van der Waals surface area contributed by atoms with E-state index < -0.39 is 0 Å². The molecule has 0 fully saturated rings. The summed E-state index contributed by atoms with van der Waals surface area (Å²) in [6.45, 7) is 3.68. The minimum absolute atomic E-state index is 0.0976. The van der Waals surface area contributed by atoms with E-state index in [0.717, 1.165) is 11.1 Å². The maximum Gasteiger partial charge on any atom is 0.262 e. The van der Waals surface area contributed by atoms with Gasteiger partial charge in [-0.15, -0.1) is 0 Å². The van der Waals surface area contributed by atoms with Crippen LogP contribution in [0, 0.1) is 13.8 Å². The molecule has 2 aromatic carbocycles. The van der Waals surface area contributed by atoms with Crippen molar-refractivity contribution in [3.05, 3.63) is 65.4 Å². The van der Waals surface area contributed by atoms with E-state index in [4.69, 9.17) is 13.9 Å². The molecule has 0 saturated heterocycles. The lowest BCUT2D eigenvalue weighted by molar-refractivity contribution is -0.118. The second kappa shape index (κ2) is 8.63. The first-order valence-electron chi connectivity index (χ1n) is 8.87. The van der Waals surface area contributed by atoms with Crippen LogP contribution in [0.2, 0.25) is 0 Å². The fourth-order valence-electron chi connectivity index (χ4n) is 2.95. The topological polar surface area (TPSA) is 80.9 Å². The Labute approximate surface area is 163 Å². The van der Waals surface area contributed by atoms with Gasteiger partial charge in [-0.25, -0.2) is 0 Å². The van der Waals surface area contributed by atoms with Crippen LogP contribution in [-0.2, 0) is 11.4 Å². The van der Waals surface area contributed by atoms with Gasteiger partial charge in [-0.3, -0.25) is 4.79 Å². The van der Waals surface area contributed by atoms with E-state index in [1.165, 1.54) is 0 Å². The Morgan fingerprint density at radius 1 is 1.07 bits per heavy atom. The predicted octanol–water partition coefficient (Wildman–Crippen LogP) is 4.08. The summed E-state index contributed by atoms with van der Waals surface area (Å²) in [5.74, 6) is 1.99. The summed E-state index contributed by atoms with van der Waals surface area (Å²) in [5, 5.41) is 12.0. The molecule has 146 valence electrons. The zero-order valence-corrected chi connectivity index (χ0v) is 16.1. The highest BCUT2D eigenvalue weighted by atomic mass is 16.5. The summed E-state index contributed by atoms with van der Waals surface area (Å²) in [5.41, 5.74) is 3.42. The third kappa shape index (κ3) is 4.72. The first-order valence-corrected chi connectivity index (χ1v) is 8.87. The maximum absolute atomic E-state index is 12.3. The largest absolute Gasteiger partial charge is 0.496 e. The van der Waals surface area contributed by atoms with Gasteiger partial charge in [0.1, 0.15) is 29.6 Å². The van der Waals surface area contributed by atoms with Gasteiger partial charge < -0.3 is 24.3 Å². The van der Waals surface area contributed by atoms with E-state index in [1.54, 1.807) is 37.4 Å². The van der Waals surface area contributed by atoms with Crippen molar-refractivity contribution in [3.8, 4) is 22.8 Å².